The molecule has 0 aliphatic heterocycles. The third kappa shape index (κ3) is 5.53. The normalized spacial score (nSPS) is 15.6. The van der Waals surface area contributed by atoms with Crippen LogP contribution in [-0.2, 0) is 4.79 Å². The summed E-state index contributed by atoms with van der Waals surface area (Å²) in [5.41, 5.74) is 7.74. The van der Waals surface area contributed by atoms with Crippen molar-refractivity contribution in [2.24, 2.45) is 5.73 Å². The summed E-state index contributed by atoms with van der Waals surface area (Å²) in [5, 5.41) is 6.22. The van der Waals surface area contributed by atoms with Gasteiger partial charge in [0, 0.05) is 30.3 Å². The molecule has 0 bridgehead atoms. The van der Waals surface area contributed by atoms with Crippen LogP contribution in [0.3, 0.4) is 0 Å². The van der Waals surface area contributed by atoms with Crippen LogP contribution in [0, 0.1) is 0 Å². The second-order valence-corrected chi connectivity index (χ2v) is 5.94. The number of primary amides is 1. The summed E-state index contributed by atoms with van der Waals surface area (Å²) in [5.74, 6) is -0.521. The van der Waals surface area contributed by atoms with E-state index < -0.39 is 5.91 Å². The highest BCUT2D eigenvalue weighted by Gasteiger charge is 2.11. The smallest absolute Gasteiger partial charge is 0.248 e. The lowest BCUT2D eigenvalue weighted by Gasteiger charge is -2.20. The van der Waals surface area contributed by atoms with E-state index in [9.17, 15) is 9.59 Å². The fourth-order valence-electron chi connectivity index (χ4n) is 2.73. The van der Waals surface area contributed by atoms with Gasteiger partial charge in [-0.2, -0.15) is 0 Å². The summed E-state index contributed by atoms with van der Waals surface area (Å²) in [6.45, 7) is 2.79. The van der Waals surface area contributed by atoms with Crippen LogP contribution in [0.15, 0.2) is 35.9 Å². The molecule has 0 aromatic heterocycles. The Balaban J connectivity index is 1.72. The van der Waals surface area contributed by atoms with Gasteiger partial charge in [-0.3, -0.25) is 9.59 Å². The van der Waals surface area contributed by atoms with Crippen molar-refractivity contribution in [3.63, 3.8) is 0 Å². The zero-order chi connectivity index (χ0) is 16.7. The highest BCUT2D eigenvalue weighted by Crippen LogP contribution is 2.20. The molecule has 4 N–H and O–H groups in total. The lowest BCUT2D eigenvalue weighted by atomic mass is 9.95. The lowest BCUT2D eigenvalue weighted by molar-refractivity contribution is -0.116. The highest BCUT2D eigenvalue weighted by atomic mass is 16.2. The highest BCUT2D eigenvalue weighted by molar-refractivity contribution is 5.94. The number of hydrogen-bond acceptors (Lipinski definition) is 3. The Morgan fingerprint density at radius 3 is 2.57 bits per heavy atom. The summed E-state index contributed by atoms with van der Waals surface area (Å²) in [7, 11) is 0. The Morgan fingerprint density at radius 1 is 1.22 bits per heavy atom. The molecule has 1 aromatic carbocycles. The molecule has 124 valence electrons. The molecular weight excluding hydrogens is 290 g/mol. The summed E-state index contributed by atoms with van der Waals surface area (Å²) in [6.07, 6.45) is 7.61. The minimum Gasteiger partial charge on any atom is -0.366 e. The third-order valence-electron chi connectivity index (χ3n) is 4.14. The molecule has 1 aliphatic rings. The molecule has 2 rings (SSSR count). The van der Waals surface area contributed by atoms with E-state index in [1.165, 1.54) is 24.8 Å². The van der Waals surface area contributed by atoms with Crippen LogP contribution in [0.2, 0.25) is 0 Å². The Labute approximate surface area is 137 Å². The summed E-state index contributed by atoms with van der Waals surface area (Å²) >= 11 is 0. The van der Waals surface area contributed by atoms with Crippen molar-refractivity contribution in [2.45, 2.75) is 45.1 Å². The maximum absolute atomic E-state index is 11.9. The molecule has 0 heterocycles. The fourth-order valence-corrected chi connectivity index (χ4v) is 2.73. The van der Waals surface area contributed by atoms with E-state index in [0.29, 0.717) is 30.3 Å². The van der Waals surface area contributed by atoms with E-state index in [4.69, 9.17) is 5.73 Å². The molecule has 0 radical (unpaired) electrons. The van der Waals surface area contributed by atoms with Crippen LogP contribution in [0.5, 0.6) is 0 Å². The largest absolute Gasteiger partial charge is 0.366 e. The van der Waals surface area contributed by atoms with E-state index in [1.54, 1.807) is 24.3 Å². The first-order valence-electron chi connectivity index (χ1n) is 8.18. The van der Waals surface area contributed by atoms with Crippen LogP contribution in [-0.4, -0.2) is 24.4 Å². The molecule has 0 spiro atoms. The topological polar surface area (TPSA) is 84.2 Å². The van der Waals surface area contributed by atoms with Crippen LogP contribution in [0.1, 0.15) is 49.4 Å². The molecule has 1 aromatic rings. The number of rotatable bonds is 7. The first-order valence-corrected chi connectivity index (χ1v) is 8.18. The Hall–Kier alpha value is -2.14. The third-order valence-corrected chi connectivity index (χ3v) is 4.14. The minimum atomic E-state index is -0.474. The Kier molecular flexibility index (Phi) is 6.35. The number of anilines is 1. The monoisotopic (exact) mass is 315 g/mol. The Bertz CT molecular complexity index is 578. The van der Waals surface area contributed by atoms with Crippen LogP contribution < -0.4 is 16.4 Å². The van der Waals surface area contributed by atoms with Crippen molar-refractivity contribution in [2.75, 3.05) is 11.9 Å². The lowest BCUT2D eigenvalue weighted by Crippen LogP contribution is -2.31. The molecule has 0 fully saturated rings. The molecule has 2 amide bonds. The van der Waals surface area contributed by atoms with Gasteiger partial charge in [-0.25, -0.2) is 0 Å². The fraction of sp³-hybridized carbons (Fsp3) is 0.444. The van der Waals surface area contributed by atoms with Gasteiger partial charge in [0.05, 0.1) is 0 Å². The maximum atomic E-state index is 11.9. The summed E-state index contributed by atoms with van der Waals surface area (Å²) in [6, 6.07) is 6.90. The predicted octanol–water partition coefficient (Wildman–Crippen LogP) is 2.59. The average molecular weight is 315 g/mol. The number of allylic oxidation sites excluding steroid dienone is 1. The Morgan fingerprint density at radius 2 is 1.96 bits per heavy atom. The van der Waals surface area contributed by atoms with Crippen LogP contribution in [0.25, 0.3) is 0 Å². The van der Waals surface area contributed by atoms with Crippen molar-refractivity contribution < 1.29 is 9.59 Å². The van der Waals surface area contributed by atoms with Crippen molar-refractivity contribution in [1.82, 2.24) is 5.32 Å². The zero-order valence-corrected chi connectivity index (χ0v) is 13.6. The van der Waals surface area contributed by atoms with Gasteiger partial charge in [0.1, 0.15) is 0 Å². The van der Waals surface area contributed by atoms with Gasteiger partial charge >= 0.3 is 0 Å². The number of amides is 2. The van der Waals surface area contributed by atoms with Gasteiger partial charge < -0.3 is 16.4 Å². The number of nitrogens with one attached hydrogen (secondary N) is 2. The molecule has 1 aliphatic carbocycles. The quantitative estimate of drug-likeness (QED) is 0.676. The van der Waals surface area contributed by atoms with Crippen molar-refractivity contribution in [1.29, 1.82) is 0 Å². The number of nitrogens with two attached hydrogens (primary N) is 1. The summed E-state index contributed by atoms with van der Waals surface area (Å²) < 4.78 is 0. The van der Waals surface area contributed by atoms with Gasteiger partial charge in [-0.1, -0.05) is 11.6 Å². The number of carbonyl (C=O) groups is 2. The summed E-state index contributed by atoms with van der Waals surface area (Å²) in [4.78, 5) is 22.9. The van der Waals surface area contributed by atoms with Gasteiger partial charge in [-0.15, -0.1) is 0 Å². The number of carbonyl (C=O) groups excluding carboxylic acids is 2. The molecule has 1 atom stereocenters. The molecule has 5 nitrogen and oxygen atoms in total. The molecule has 0 saturated carbocycles. The average Bonchev–Trinajstić information content (AvgIpc) is 2.56. The molecular formula is C18H25N3O2. The van der Waals surface area contributed by atoms with Crippen molar-refractivity contribution in [3.05, 3.63) is 41.5 Å². The number of benzene rings is 1. The van der Waals surface area contributed by atoms with Crippen LogP contribution in [0.4, 0.5) is 5.69 Å². The molecule has 23 heavy (non-hydrogen) atoms. The standard InChI is InChI=1S/C18H25N3O2/c1-13(14-5-3-2-4-6-14)20-12-11-17(22)21-16-9-7-15(8-10-16)18(19)23/h5,7-10,13,20H,2-4,6,11-12H2,1H3,(H2,19,23)(H,21,22)/t13-/m0/s1. The first-order chi connectivity index (χ1) is 11.1. The number of hydrogen-bond donors (Lipinski definition) is 3. The van der Waals surface area contributed by atoms with Crippen LogP contribution >= 0.6 is 0 Å². The second-order valence-electron chi connectivity index (χ2n) is 5.94. The zero-order valence-electron chi connectivity index (χ0n) is 13.6. The van der Waals surface area contributed by atoms with E-state index >= 15 is 0 Å². The van der Waals surface area contributed by atoms with Gasteiger partial charge in [0.25, 0.3) is 0 Å². The van der Waals surface area contributed by atoms with Gasteiger partial charge in [0.15, 0.2) is 0 Å². The van der Waals surface area contributed by atoms with E-state index in [-0.39, 0.29) is 5.91 Å². The van der Waals surface area contributed by atoms with E-state index in [0.717, 1.165) is 6.42 Å². The maximum Gasteiger partial charge on any atom is 0.248 e. The van der Waals surface area contributed by atoms with Gasteiger partial charge in [0.2, 0.25) is 11.8 Å². The van der Waals surface area contributed by atoms with Crippen molar-refractivity contribution >= 4 is 17.5 Å². The molecule has 5 heteroatoms. The SMILES string of the molecule is C[C@H](NCCC(=O)Nc1ccc(C(N)=O)cc1)C1=CCCCC1. The predicted molar refractivity (Wildman–Crippen MR) is 92.2 cm³/mol. The minimum absolute atomic E-state index is 0.0471. The van der Waals surface area contributed by atoms with E-state index in [2.05, 4.69) is 23.6 Å². The van der Waals surface area contributed by atoms with Gasteiger partial charge in [-0.05, 0) is 56.9 Å². The molecule has 0 unspecified atom stereocenters. The molecule has 0 saturated heterocycles. The van der Waals surface area contributed by atoms with Crippen molar-refractivity contribution in [3.8, 4) is 0 Å². The first kappa shape index (κ1) is 17.2. The van der Waals surface area contributed by atoms with E-state index in [1.807, 2.05) is 0 Å². The second kappa shape index (κ2) is 8.48.